The quantitative estimate of drug-likeness (QED) is 0.658. The minimum atomic E-state index is -2.87. The van der Waals surface area contributed by atoms with E-state index in [1.54, 1.807) is 33.5 Å². The highest BCUT2D eigenvalue weighted by atomic mass is 19.3. The van der Waals surface area contributed by atoms with Gasteiger partial charge >= 0.3 is 0 Å². The van der Waals surface area contributed by atoms with Crippen molar-refractivity contribution < 1.29 is 23.0 Å². The van der Waals surface area contributed by atoms with E-state index in [0.29, 0.717) is 30.1 Å². The summed E-state index contributed by atoms with van der Waals surface area (Å²) >= 11 is 0. The number of hydrogen-bond donors (Lipinski definition) is 0. The van der Waals surface area contributed by atoms with Gasteiger partial charge in [-0.25, -0.2) is 8.78 Å². The van der Waals surface area contributed by atoms with E-state index >= 15 is 0 Å². The minimum absolute atomic E-state index is 0.0495. The van der Waals surface area contributed by atoms with Crippen molar-refractivity contribution in [2.45, 2.75) is 25.7 Å². The van der Waals surface area contributed by atoms with E-state index in [9.17, 15) is 8.78 Å². The monoisotopic (exact) mass is 348 g/mol. The second-order valence-electron chi connectivity index (χ2n) is 5.74. The van der Waals surface area contributed by atoms with Crippen LogP contribution in [0.1, 0.15) is 18.9 Å². The number of aryl methyl sites for hydroxylation is 1. The fourth-order valence-corrected chi connectivity index (χ4v) is 2.53. The van der Waals surface area contributed by atoms with Crippen LogP contribution in [0.3, 0.4) is 0 Å². The van der Waals surface area contributed by atoms with Gasteiger partial charge in [-0.2, -0.15) is 0 Å². The van der Waals surface area contributed by atoms with Crippen molar-refractivity contribution in [2.24, 2.45) is 0 Å². The molecule has 25 heavy (non-hydrogen) atoms. The molecular weight excluding hydrogens is 326 g/mol. The maximum absolute atomic E-state index is 13.4. The lowest BCUT2D eigenvalue weighted by Crippen LogP contribution is -2.11. The molecule has 0 fully saturated rings. The molecule has 0 amide bonds. The first-order valence-corrected chi connectivity index (χ1v) is 7.89. The third kappa shape index (κ3) is 4.74. The first-order valence-electron chi connectivity index (χ1n) is 7.89. The molecule has 0 atom stereocenters. The van der Waals surface area contributed by atoms with E-state index in [2.05, 4.69) is 5.73 Å². The molecule has 134 valence electrons. The van der Waals surface area contributed by atoms with Crippen LogP contribution in [0.25, 0.3) is 0 Å². The molecule has 0 spiro atoms. The lowest BCUT2D eigenvalue weighted by molar-refractivity contribution is 0.0676. The Hall–Kier alpha value is -2.52. The average molecular weight is 348 g/mol. The van der Waals surface area contributed by atoms with Crippen LogP contribution in [0.4, 0.5) is 8.78 Å². The fourth-order valence-electron chi connectivity index (χ4n) is 2.53. The van der Waals surface area contributed by atoms with Crippen molar-refractivity contribution in [1.82, 2.24) is 0 Å². The lowest BCUT2D eigenvalue weighted by atomic mass is 10.0. The van der Waals surface area contributed by atoms with E-state index in [-0.39, 0.29) is 5.57 Å². The Labute approximate surface area is 146 Å². The first-order chi connectivity index (χ1) is 11.9. The molecule has 0 aromatic heterocycles. The molecule has 5 heteroatoms. The highest BCUT2D eigenvalue weighted by Crippen LogP contribution is 2.38. The van der Waals surface area contributed by atoms with Crippen LogP contribution in [-0.2, 0) is 6.42 Å². The second kappa shape index (κ2) is 8.04. The van der Waals surface area contributed by atoms with Crippen molar-refractivity contribution in [1.29, 1.82) is 0 Å². The molecule has 2 rings (SSSR count). The highest BCUT2D eigenvalue weighted by Gasteiger charge is 2.25. The average Bonchev–Trinajstić information content (AvgIpc) is 2.84. The number of halogens is 2. The topological polar surface area (TPSA) is 27.7 Å². The Morgan fingerprint density at radius 3 is 2.08 bits per heavy atom. The van der Waals surface area contributed by atoms with Crippen molar-refractivity contribution in [3.63, 3.8) is 0 Å². The number of alkyl halides is 2. The number of ether oxygens (including phenoxy) is 3. The molecule has 0 aliphatic heterocycles. The summed E-state index contributed by atoms with van der Waals surface area (Å²) < 4.78 is 42.8. The van der Waals surface area contributed by atoms with Gasteiger partial charge < -0.3 is 14.2 Å². The third-order valence-corrected chi connectivity index (χ3v) is 3.92. The summed E-state index contributed by atoms with van der Waals surface area (Å²) in [5.74, 6) is -1.14. The van der Waals surface area contributed by atoms with E-state index in [0.717, 1.165) is 18.1 Å². The van der Waals surface area contributed by atoms with E-state index in [1.807, 2.05) is 12.1 Å². The molecule has 3 nitrogen and oxygen atoms in total. The van der Waals surface area contributed by atoms with E-state index in [1.165, 1.54) is 12.2 Å². The van der Waals surface area contributed by atoms with Gasteiger partial charge in [0, 0.05) is 12.5 Å². The number of benzene rings is 1. The summed E-state index contributed by atoms with van der Waals surface area (Å²) in [4.78, 5) is 0. The maximum Gasteiger partial charge on any atom is 0.271 e. The van der Waals surface area contributed by atoms with Crippen LogP contribution >= 0.6 is 0 Å². The summed E-state index contributed by atoms with van der Waals surface area (Å²) in [5.41, 5.74) is 4.69. The summed E-state index contributed by atoms with van der Waals surface area (Å²) in [7, 11) is 4.69. The normalized spacial score (nSPS) is 13.8. The van der Waals surface area contributed by atoms with Gasteiger partial charge in [-0.3, -0.25) is 0 Å². The van der Waals surface area contributed by atoms with Gasteiger partial charge in [0.2, 0.25) is 5.75 Å². The van der Waals surface area contributed by atoms with E-state index in [4.69, 9.17) is 14.2 Å². The predicted molar refractivity (Wildman–Crippen MR) is 93.9 cm³/mol. The zero-order valence-corrected chi connectivity index (χ0v) is 14.9. The molecule has 0 N–H and O–H groups in total. The number of allylic oxidation sites excluding steroid dienone is 5. The lowest BCUT2D eigenvalue weighted by Gasteiger charge is -2.14. The summed E-state index contributed by atoms with van der Waals surface area (Å²) in [6, 6.07) is 3.78. The zero-order valence-electron chi connectivity index (χ0n) is 14.9. The molecule has 0 radical (unpaired) electrons. The molecule has 1 aliphatic rings. The van der Waals surface area contributed by atoms with E-state index < -0.39 is 5.92 Å². The molecule has 0 saturated carbocycles. The van der Waals surface area contributed by atoms with Gasteiger partial charge in [-0.05, 0) is 48.3 Å². The number of rotatable bonds is 7. The summed E-state index contributed by atoms with van der Waals surface area (Å²) in [6.07, 6.45) is 7.59. The van der Waals surface area contributed by atoms with Crippen molar-refractivity contribution >= 4 is 0 Å². The zero-order chi connectivity index (χ0) is 18.4. The number of hydrogen-bond acceptors (Lipinski definition) is 3. The second-order valence-corrected chi connectivity index (χ2v) is 5.74. The Morgan fingerprint density at radius 1 is 0.920 bits per heavy atom. The largest absolute Gasteiger partial charge is 0.493 e. The highest BCUT2D eigenvalue weighted by molar-refractivity contribution is 5.54. The van der Waals surface area contributed by atoms with Crippen LogP contribution in [0.5, 0.6) is 17.2 Å². The Kier molecular flexibility index (Phi) is 6.05. The summed E-state index contributed by atoms with van der Waals surface area (Å²) in [6.45, 7) is 0.881. The Morgan fingerprint density at radius 2 is 1.56 bits per heavy atom. The minimum Gasteiger partial charge on any atom is -0.493 e. The van der Waals surface area contributed by atoms with Gasteiger partial charge in [-0.1, -0.05) is 12.2 Å². The smallest absolute Gasteiger partial charge is 0.271 e. The van der Waals surface area contributed by atoms with Crippen molar-refractivity contribution in [3.05, 3.63) is 58.9 Å². The summed E-state index contributed by atoms with van der Waals surface area (Å²) in [5, 5.41) is 0. The SMILES string of the molecule is COc1cc(CCC2=CC=C(C(C)(F)F)C=C=C2)cc(OC)c1OC. The van der Waals surface area contributed by atoms with Crippen LogP contribution in [0.2, 0.25) is 0 Å². The predicted octanol–water partition coefficient (Wildman–Crippen LogP) is 4.88. The first kappa shape index (κ1) is 18.8. The fraction of sp³-hybridized carbons (Fsp3) is 0.350. The van der Waals surface area contributed by atoms with Gasteiger partial charge in [0.05, 0.1) is 21.3 Å². The standard InChI is InChI=1S/C20H22F2O3/c1-20(21,22)16-7-5-6-14(10-11-16)8-9-15-12-17(23-2)19(25-4)18(13-15)24-3/h6-7,10-13H,8-9H2,1-4H3. The number of methoxy groups -OCH3 is 3. The third-order valence-electron chi connectivity index (χ3n) is 3.92. The molecule has 1 aromatic carbocycles. The van der Waals surface area contributed by atoms with Gasteiger partial charge in [0.1, 0.15) is 0 Å². The van der Waals surface area contributed by atoms with Crippen LogP contribution in [-0.4, -0.2) is 27.3 Å². The van der Waals surface area contributed by atoms with Crippen LogP contribution < -0.4 is 14.2 Å². The van der Waals surface area contributed by atoms with Gasteiger partial charge in [0.25, 0.3) is 5.92 Å². The molecule has 0 saturated heterocycles. The molecule has 0 heterocycles. The molecule has 1 aromatic rings. The van der Waals surface area contributed by atoms with Crippen molar-refractivity contribution in [3.8, 4) is 17.2 Å². The van der Waals surface area contributed by atoms with Gasteiger partial charge in [0.15, 0.2) is 11.5 Å². The molecular formula is C20H22F2O3. The maximum atomic E-state index is 13.4. The van der Waals surface area contributed by atoms with Gasteiger partial charge in [-0.15, -0.1) is 5.73 Å². The Bertz CT molecular complexity index is 724. The molecule has 1 aliphatic carbocycles. The van der Waals surface area contributed by atoms with Crippen molar-refractivity contribution in [2.75, 3.05) is 21.3 Å². The van der Waals surface area contributed by atoms with Crippen LogP contribution in [0, 0.1) is 0 Å². The molecule has 0 bridgehead atoms. The Balaban J connectivity index is 2.18. The molecule has 0 unspecified atom stereocenters. The van der Waals surface area contributed by atoms with Crippen LogP contribution in [0.15, 0.2) is 53.3 Å².